The van der Waals surface area contributed by atoms with Gasteiger partial charge in [-0.3, -0.25) is 14.5 Å². The molecule has 1 aliphatic heterocycles. The van der Waals surface area contributed by atoms with Crippen molar-refractivity contribution in [2.75, 3.05) is 57.0 Å². The number of nitriles is 1. The minimum Gasteiger partial charge on any atom is -0.369 e. The molecule has 2 amide bonds. The Morgan fingerprint density at radius 2 is 1.85 bits per heavy atom. The molecule has 11 heteroatoms. The minimum absolute atomic E-state index is 0.148. The van der Waals surface area contributed by atoms with Gasteiger partial charge in [-0.05, 0) is 42.0 Å². The summed E-state index contributed by atoms with van der Waals surface area (Å²) in [5, 5.41) is 13.0. The monoisotopic (exact) mass is 546 g/mol. The van der Waals surface area contributed by atoms with E-state index in [1.54, 1.807) is 37.2 Å². The van der Waals surface area contributed by atoms with Crippen LogP contribution in [0.25, 0.3) is 11.4 Å². The van der Waals surface area contributed by atoms with E-state index in [-0.39, 0.29) is 18.0 Å². The van der Waals surface area contributed by atoms with Crippen LogP contribution in [0, 0.1) is 11.3 Å². The van der Waals surface area contributed by atoms with Crippen molar-refractivity contribution in [3.8, 4) is 17.5 Å². The molecular formula is C28H31ClN8O2. The average Bonchev–Trinajstić information content (AvgIpc) is 2.95. The third kappa shape index (κ3) is 7.02. The number of nitrogens with two attached hydrogens (primary N) is 1. The van der Waals surface area contributed by atoms with Gasteiger partial charge in [-0.2, -0.15) is 5.26 Å². The van der Waals surface area contributed by atoms with Gasteiger partial charge >= 0.3 is 0 Å². The number of hydrogen-bond donors (Lipinski definition) is 2. The van der Waals surface area contributed by atoms with E-state index in [1.807, 2.05) is 24.3 Å². The third-order valence-electron chi connectivity index (χ3n) is 6.70. The molecule has 1 saturated heterocycles. The molecule has 0 spiro atoms. The Kier molecular flexibility index (Phi) is 8.96. The lowest BCUT2D eigenvalue weighted by molar-refractivity contribution is -0.129. The highest BCUT2D eigenvalue weighted by molar-refractivity contribution is 6.30. The summed E-state index contributed by atoms with van der Waals surface area (Å²) in [4.78, 5) is 39.1. The Morgan fingerprint density at radius 1 is 1.13 bits per heavy atom. The van der Waals surface area contributed by atoms with Gasteiger partial charge in [0, 0.05) is 82.3 Å². The molecular weight excluding hydrogens is 516 g/mol. The van der Waals surface area contributed by atoms with Gasteiger partial charge in [-0.15, -0.1) is 0 Å². The summed E-state index contributed by atoms with van der Waals surface area (Å²) < 4.78 is 0. The molecule has 1 fully saturated rings. The smallest absolute Gasteiger partial charge is 0.254 e. The number of hydrogen-bond acceptors (Lipinski definition) is 8. The molecule has 1 aliphatic rings. The molecule has 0 bridgehead atoms. The number of aromatic nitrogens is 2. The van der Waals surface area contributed by atoms with E-state index in [9.17, 15) is 14.9 Å². The van der Waals surface area contributed by atoms with E-state index >= 15 is 0 Å². The number of primary amides is 1. The lowest BCUT2D eigenvalue weighted by Crippen LogP contribution is -2.47. The second-order valence-electron chi connectivity index (χ2n) is 9.50. The summed E-state index contributed by atoms with van der Waals surface area (Å²) in [7, 11) is 3.57. The van der Waals surface area contributed by atoms with Crippen LogP contribution in [-0.2, 0) is 11.3 Å². The molecule has 0 aliphatic carbocycles. The highest BCUT2D eigenvalue weighted by Gasteiger charge is 2.19. The molecule has 3 N–H and O–H groups in total. The Hall–Kier alpha value is -4.20. The Balaban J connectivity index is 1.43. The molecule has 202 valence electrons. The van der Waals surface area contributed by atoms with Crippen molar-refractivity contribution in [2.45, 2.75) is 13.0 Å². The van der Waals surface area contributed by atoms with Gasteiger partial charge in [-0.1, -0.05) is 17.7 Å². The van der Waals surface area contributed by atoms with Crippen LogP contribution in [0.1, 0.15) is 27.9 Å². The number of amides is 2. The van der Waals surface area contributed by atoms with Crippen LogP contribution in [0.15, 0.2) is 48.7 Å². The number of benzene rings is 2. The lowest BCUT2D eigenvalue weighted by Gasteiger charge is -2.36. The maximum atomic E-state index is 12.0. The number of carbonyl (C=O) groups excluding carboxylic acids is 2. The van der Waals surface area contributed by atoms with Gasteiger partial charge in [0.05, 0.1) is 17.2 Å². The highest BCUT2D eigenvalue weighted by Crippen LogP contribution is 2.24. The number of nitrogens with zero attached hydrogens (tertiary/aromatic N) is 6. The number of piperazine rings is 1. The number of halogens is 1. The summed E-state index contributed by atoms with van der Waals surface area (Å²) in [5.74, 6) is 0.232. The van der Waals surface area contributed by atoms with Crippen LogP contribution in [0.2, 0.25) is 5.02 Å². The molecule has 0 saturated carbocycles. The fraction of sp³-hybridized carbons (Fsp3) is 0.321. The van der Waals surface area contributed by atoms with E-state index in [1.165, 1.54) is 6.20 Å². The van der Waals surface area contributed by atoms with E-state index in [0.717, 1.165) is 44.0 Å². The fourth-order valence-corrected chi connectivity index (χ4v) is 4.52. The Labute approximate surface area is 233 Å². The molecule has 39 heavy (non-hydrogen) atoms. The summed E-state index contributed by atoms with van der Waals surface area (Å²) in [6.45, 7) is 4.58. The standard InChI is InChI=1S/C28H31ClN8O2/c1-35(2)25(38)9-10-36-11-13-37(14-12-36)23-7-4-19(5-8-23)27-33-18-24(26(31)39)28(34-27)32-17-20-3-6-22(29)15-21(20)16-30/h3-8,15,18H,9-14,17H2,1-2H3,(H2,31,39)(H,32,33,34). The zero-order valence-electron chi connectivity index (χ0n) is 22.0. The van der Waals surface area contributed by atoms with Crippen LogP contribution in [0.3, 0.4) is 0 Å². The number of carbonyl (C=O) groups is 2. The molecule has 3 aromatic rings. The Bertz CT molecular complexity index is 1380. The second kappa shape index (κ2) is 12.6. The molecule has 2 aromatic carbocycles. The first-order valence-corrected chi connectivity index (χ1v) is 13.0. The first kappa shape index (κ1) is 27.8. The SMILES string of the molecule is CN(C)C(=O)CCN1CCN(c2ccc(-c3ncc(C(N)=O)c(NCc4ccc(Cl)cc4C#N)n3)cc2)CC1. The number of nitrogens with one attached hydrogen (secondary N) is 1. The van der Waals surface area contributed by atoms with Crippen molar-refractivity contribution in [2.24, 2.45) is 5.73 Å². The maximum absolute atomic E-state index is 12.0. The minimum atomic E-state index is -0.652. The molecule has 0 atom stereocenters. The van der Waals surface area contributed by atoms with Crippen molar-refractivity contribution in [1.82, 2.24) is 19.8 Å². The maximum Gasteiger partial charge on any atom is 0.254 e. The zero-order chi connectivity index (χ0) is 27.9. The van der Waals surface area contributed by atoms with E-state index in [0.29, 0.717) is 34.2 Å². The van der Waals surface area contributed by atoms with Crippen LogP contribution >= 0.6 is 11.6 Å². The van der Waals surface area contributed by atoms with Crippen molar-refractivity contribution in [3.05, 3.63) is 70.4 Å². The van der Waals surface area contributed by atoms with Crippen molar-refractivity contribution >= 4 is 34.9 Å². The van der Waals surface area contributed by atoms with E-state index in [2.05, 4.69) is 31.2 Å². The van der Waals surface area contributed by atoms with Crippen molar-refractivity contribution < 1.29 is 9.59 Å². The van der Waals surface area contributed by atoms with Crippen molar-refractivity contribution in [1.29, 1.82) is 5.26 Å². The first-order chi connectivity index (χ1) is 18.7. The van der Waals surface area contributed by atoms with Crippen LogP contribution in [-0.4, -0.2) is 78.4 Å². The predicted molar refractivity (Wildman–Crippen MR) is 151 cm³/mol. The molecule has 4 rings (SSSR count). The van der Waals surface area contributed by atoms with E-state index in [4.69, 9.17) is 17.3 Å². The van der Waals surface area contributed by atoms with Gasteiger partial charge in [-0.25, -0.2) is 9.97 Å². The third-order valence-corrected chi connectivity index (χ3v) is 6.93. The quantitative estimate of drug-likeness (QED) is 0.419. The van der Waals surface area contributed by atoms with Gasteiger partial charge in [0.25, 0.3) is 5.91 Å². The highest BCUT2D eigenvalue weighted by atomic mass is 35.5. The predicted octanol–water partition coefficient (Wildman–Crippen LogP) is 2.98. The summed E-state index contributed by atoms with van der Waals surface area (Å²) in [6.07, 6.45) is 1.94. The molecule has 0 radical (unpaired) electrons. The topological polar surface area (TPSA) is 131 Å². The molecule has 0 unspecified atom stereocenters. The second-order valence-corrected chi connectivity index (χ2v) is 9.94. The molecule has 2 heterocycles. The van der Waals surface area contributed by atoms with Crippen LogP contribution < -0.4 is 16.0 Å². The summed E-state index contributed by atoms with van der Waals surface area (Å²) >= 11 is 6.00. The van der Waals surface area contributed by atoms with Crippen molar-refractivity contribution in [3.63, 3.8) is 0 Å². The van der Waals surface area contributed by atoms with Gasteiger partial charge in [0.15, 0.2) is 5.82 Å². The number of rotatable bonds is 9. The fourth-order valence-electron chi connectivity index (χ4n) is 4.35. The van der Waals surface area contributed by atoms with E-state index < -0.39 is 5.91 Å². The van der Waals surface area contributed by atoms with Gasteiger partial charge in [0.1, 0.15) is 5.82 Å². The van der Waals surface area contributed by atoms with Gasteiger partial charge in [0.2, 0.25) is 5.91 Å². The van der Waals surface area contributed by atoms with Crippen LogP contribution in [0.4, 0.5) is 11.5 Å². The Morgan fingerprint density at radius 3 is 2.49 bits per heavy atom. The molecule has 10 nitrogen and oxygen atoms in total. The van der Waals surface area contributed by atoms with Gasteiger partial charge < -0.3 is 20.9 Å². The summed E-state index contributed by atoms with van der Waals surface area (Å²) in [6, 6.07) is 15.1. The largest absolute Gasteiger partial charge is 0.369 e. The summed E-state index contributed by atoms with van der Waals surface area (Å²) in [5.41, 5.74) is 8.75. The first-order valence-electron chi connectivity index (χ1n) is 12.6. The normalized spacial score (nSPS) is 13.5. The number of anilines is 2. The lowest BCUT2D eigenvalue weighted by atomic mass is 10.1. The zero-order valence-corrected chi connectivity index (χ0v) is 22.8. The molecule has 1 aromatic heterocycles. The van der Waals surface area contributed by atoms with Crippen LogP contribution in [0.5, 0.6) is 0 Å². The average molecular weight is 547 g/mol.